The van der Waals surface area contributed by atoms with Gasteiger partial charge in [0.15, 0.2) is 0 Å². The Morgan fingerprint density at radius 1 is 1.35 bits per heavy atom. The van der Waals surface area contributed by atoms with Crippen LogP contribution in [-0.4, -0.2) is 47.7 Å². The predicted octanol–water partition coefficient (Wildman–Crippen LogP) is 1.14. The molecule has 0 bridgehead atoms. The molecule has 2 unspecified atom stereocenters. The van der Waals surface area contributed by atoms with Crippen molar-refractivity contribution in [3.8, 4) is 0 Å². The van der Waals surface area contributed by atoms with Crippen molar-refractivity contribution in [2.75, 3.05) is 13.6 Å². The van der Waals surface area contributed by atoms with Gasteiger partial charge in [-0.2, -0.15) is 0 Å². The third-order valence-corrected chi connectivity index (χ3v) is 3.66. The molecule has 2 atom stereocenters. The van der Waals surface area contributed by atoms with E-state index in [-0.39, 0.29) is 24.1 Å². The molecule has 4 heteroatoms. The lowest BCUT2D eigenvalue weighted by Crippen LogP contribution is -2.46. The fourth-order valence-corrected chi connectivity index (χ4v) is 2.16. The maximum Gasteiger partial charge on any atom is 0.236 e. The quantitative estimate of drug-likeness (QED) is 0.727. The molecular weight excluding hydrogens is 216 g/mol. The highest BCUT2D eigenvalue weighted by Crippen LogP contribution is 2.17. The molecule has 0 radical (unpaired) electrons. The molecule has 0 saturated heterocycles. The molecule has 1 aliphatic rings. The van der Waals surface area contributed by atoms with Crippen LogP contribution in [0, 0.1) is 0 Å². The maximum absolute atomic E-state index is 11.8. The summed E-state index contributed by atoms with van der Waals surface area (Å²) in [4.78, 5) is 13.5. The first kappa shape index (κ1) is 14.5. The normalized spacial score (nSPS) is 25.7. The zero-order chi connectivity index (χ0) is 12.8. The molecule has 2 N–H and O–H groups in total. The van der Waals surface area contributed by atoms with Gasteiger partial charge >= 0.3 is 0 Å². The number of likely N-dealkylation sites (N-methyl/N-ethyl adjacent to an activating group) is 1. The van der Waals surface area contributed by atoms with Gasteiger partial charge in [0.2, 0.25) is 5.91 Å². The third kappa shape index (κ3) is 4.64. The molecule has 1 fully saturated rings. The van der Waals surface area contributed by atoms with Gasteiger partial charge in [-0.15, -0.1) is 0 Å². The van der Waals surface area contributed by atoms with Gasteiger partial charge in [-0.3, -0.25) is 4.79 Å². The van der Waals surface area contributed by atoms with E-state index < -0.39 is 0 Å². The van der Waals surface area contributed by atoms with Crippen molar-refractivity contribution in [3.05, 3.63) is 0 Å². The number of aliphatic hydroxyl groups excluding tert-OH is 1. The van der Waals surface area contributed by atoms with Gasteiger partial charge in [0.25, 0.3) is 0 Å². The van der Waals surface area contributed by atoms with Gasteiger partial charge in [-0.25, -0.2) is 0 Å². The van der Waals surface area contributed by atoms with Crippen LogP contribution in [0.3, 0.4) is 0 Å². The van der Waals surface area contributed by atoms with Crippen molar-refractivity contribution in [1.29, 1.82) is 0 Å². The predicted molar refractivity (Wildman–Crippen MR) is 68.8 cm³/mol. The van der Waals surface area contributed by atoms with Crippen LogP contribution in [0.2, 0.25) is 0 Å². The van der Waals surface area contributed by atoms with Crippen molar-refractivity contribution in [3.63, 3.8) is 0 Å². The number of hydrogen-bond donors (Lipinski definition) is 2. The Kier molecular flexibility index (Phi) is 5.92. The minimum atomic E-state index is -0.297. The fraction of sp³-hybridized carbons (Fsp3) is 0.923. The fourth-order valence-electron chi connectivity index (χ4n) is 2.16. The summed E-state index contributed by atoms with van der Waals surface area (Å²) in [5.74, 6) is 0.0939. The summed E-state index contributed by atoms with van der Waals surface area (Å²) in [6.07, 6.45) is 4.96. The molecule has 17 heavy (non-hydrogen) atoms. The van der Waals surface area contributed by atoms with E-state index in [0.29, 0.717) is 6.54 Å². The zero-order valence-corrected chi connectivity index (χ0v) is 11.3. The molecule has 0 aromatic heterocycles. The van der Waals surface area contributed by atoms with Crippen molar-refractivity contribution >= 4 is 5.91 Å². The molecule has 1 aliphatic carbocycles. The smallest absolute Gasteiger partial charge is 0.236 e. The molecule has 0 spiro atoms. The molecule has 0 aromatic carbocycles. The molecule has 1 saturated carbocycles. The van der Waals surface area contributed by atoms with Crippen LogP contribution < -0.4 is 5.32 Å². The Balaban J connectivity index is 2.35. The van der Waals surface area contributed by atoms with Crippen LogP contribution in [-0.2, 0) is 4.79 Å². The molecule has 4 nitrogen and oxygen atoms in total. The van der Waals surface area contributed by atoms with Crippen LogP contribution in [0.25, 0.3) is 0 Å². The highest BCUT2D eigenvalue weighted by atomic mass is 16.3. The van der Waals surface area contributed by atoms with E-state index >= 15 is 0 Å². The SMILES string of the molecule is CC(C)N(C)C(=O)CNC1CCCCCC1O. The standard InChI is InChI=1S/C13H26N2O2/c1-10(2)15(3)13(17)9-14-11-7-5-4-6-8-12(11)16/h10-12,14,16H,4-9H2,1-3H3. The average Bonchev–Trinajstić information content (AvgIpc) is 2.49. The van der Waals surface area contributed by atoms with E-state index in [1.54, 1.807) is 4.90 Å². The Morgan fingerprint density at radius 2 is 2.00 bits per heavy atom. The van der Waals surface area contributed by atoms with E-state index in [1.807, 2.05) is 20.9 Å². The molecule has 100 valence electrons. The number of nitrogens with one attached hydrogen (secondary N) is 1. The lowest BCUT2D eigenvalue weighted by molar-refractivity contribution is -0.130. The summed E-state index contributed by atoms with van der Waals surface area (Å²) in [7, 11) is 1.82. The van der Waals surface area contributed by atoms with Crippen molar-refractivity contribution in [2.24, 2.45) is 0 Å². The van der Waals surface area contributed by atoms with Gasteiger partial charge < -0.3 is 15.3 Å². The topological polar surface area (TPSA) is 52.6 Å². The van der Waals surface area contributed by atoms with E-state index in [9.17, 15) is 9.90 Å². The summed E-state index contributed by atoms with van der Waals surface area (Å²) in [5.41, 5.74) is 0. The largest absolute Gasteiger partial charge is 0.392 e. The second kappa shape index (κ2) is 6.97. The highest BCUT2D eigenvalue weighted by Gasteiger charge is 2.22. The second-order valence-corrected chi connectivity index (χ2v) is 5.29. The maximum atomic E-state index is 11.8. The van der Waals surface area contributed by atoms with Gasteiger partial charge in [-0.05, 0) is 26.7 Å². The summed E-state index contributed by atoms with van der Waals surface area (Å²) in [6, 6.07) is 0.311. The molecule has 0 heterocycles. The molecule has 1 amide bonds. The van der Waals surface area contributed by atoms with Crippen LogP contribution in [0.4, 0.5) is 0 Å². The summed E-state index contributed by atoms with van der Waals surface area (Å²) < 4.78 is 0. The minimum Gasteiger partial charge on any atom is -0.392 e. The van der Waals surface area contributed by atoms with E-state index in [0.717, 1.165) is 25.7 Å². The first-order valence-corrected chi connectivity index (χ1v) is 6.69. The van der Waals surface area contributed by atoms with E-state index in [4.69, 9.17) is 0 Å². The second-order valence-electron chi connectivity index (χ2n) is 5.29. The molecule has 1 rings (SSSR count). The van der Waals surface area contributed by atoms with Gasteiger partial charge in [-0.1, -0.05) is 19.3 Å². The summed E-state index contributed by atoms with van der Waals surface area (Å²) in [6.45, 7) is 4.33. The Bertz CT molecular complexity index is 244. The summed E-state index contributed by atoms with van der Waals surface area (Å²) >= 11 is 0. The molecule has 0 aliphatic heterocycles. The highest BCUT2D eigenvalue weighted by molar-refractivity contribution is 5.78. The number of nitrogens with zero attached hydrogens (tertiary/aromatic N) is 1. The molecular formula is C13H26N2O2. The number of carbonyl (C=O) groups excluding carboxylic acids is 1. The van der Waals surface area contributed by atoms with Gasteiger partial charge in [0.05, 0.1) is 12.6 Å². The molecule has 0 aromatic rings. The Morgan fingerprint density at radius 3 is 2.65 bits per heavy atom. The number of amides is 1. The number of carbonyl (C=O) groups is 1. The lowest BCUT2D eigenvalue weighted by atomic mass is 10.1. The van der Waals surface area contributed by atoms with Crippen LogP contribution in [0.15, 0.2) is 0 Å². The van der Waals surface area contributed by atoms with Crippen LogP contribution in [0.1, 0.15) is 46.0 Å². The Labute approximate surface area is 104 Å². The number of aliphatic hydroxyl groups is 1. The van der Waals surface area contributed by atoms with Crippen LogP contribution in [0.5, 0.6) is 0 Å². The van der Waals surface area contributed by atoms with E-state index in [2.05, 4.69) is 5.32 Å². The van der Waals surface area contributed by atoms with Gasteiger partial charge in [0.1, 0.15) is 0 Å². The van der Waals surface area contributed by atoms with Crippen molar-refractivity contribution in [1.82, 2.24) is 10.2 Å². The summed E-state index contributed by atoms with van der Waals surface area (Å²) in [5, 5.41) is 13.1. The van der Waals surface area contributed by atoms with Crippen molar-refractivity contribution < 1.29 is 9.90 Å². The minimum absolute atomic E-state index is 0.0852. The first-order valence-electron chi connectivity index (χ1n) is 6.69. The number of rotatable bonds is 4. The first-order chi connectivity index (χ1) is 8.02. The van der Waals surface area contributed by atoms with Crippen molar-refractivity contribution in [2.45, 2.75) is 64.1 Å². The average molecular weight is 242 g/mol. The zero-order valence-electron chi connectivity index (χ0n) is 11.3. The monoisotopic (exact) mass is 242 g/mol. The van der Waals surface area contributed by atoms with Gasteiger partial charge in [0, 0.05) is 19.1 Å². The Hall–Kier alpha value is -0.610. The van der Waals surface area contributed by atoms with Crippen LogP contribution >= 0.6 is 0 Å². The van der Waals surface area contributed by atoms with E-state index in [1.165, 1.54) is 6.42 Å². The lowest BCUT2D eigenvalue weighted by Gasteiger charge is -2.25. The third-order valence-electron chi connectivity index (χ3n) is 3.66. The number of hydrogen-bond acceptors (Lipinski definition) is 3.